The molecule has 0 saturated heterocycles. The third-order valence-corrected chi connectivity index (χ3v) is 3.11. The van der Waals surface area contributed by atoms with Crippen molar-refractivity contribution in [3.05, 3.63) is 54.6 Å². The molecule has 2 N–H and O–H groups in total. The molecule has 2 heterocycles. The maximum atomic E-state index is 13.1. The maximum absolute atomic E-state index is 13.1. The maximum Gasteiger partial charge on any atom is 0.156 e. The van der Waals surface area contributed by atoms with Gasteiger partial charge in [-0.2, -0.15) is 5.10 Å². The molecule has 0 unspecified atom stereocenters. The monoisotopic (exact) mass is 268 g/mol. The van der Waals surface area contributed by atoms with Gasteiger partial charge in [-0.15, -0.1) is 0 Å². The highest BCUT2D eigenvalue weighted by Crippen LogP contribution is 2.35. The Balaban J connectivity index is 2.17. The van der Waals surface area contributed by atoms with Crippen LogP contribution in [0.4, 0.5) is 10.2 Å². The van der Waals surface area contributed by atoms with E-state index in [2.05, 4.69) is 20.5 Å². The summed E-state index contributed by atoms with van der Waals surface area (Å²) in [5.41, 5.74) is 3.67. The Hall–Kier alpha value is -2.69. The number of nitrogens with zero attached hydrogens (tertiary/aromatic N) is 2. The summed E-state index contributed by atoms with van der Waals surface area (Å²) in [7, 11) is 1.81. The normalized spacial score (nSPS) is 10.5. The predicted molar refractivity (Wildman–Crippen MR) is 76.8 cm³/mol. The highest BCUT2D eigenvalue weighted by atomic mass is 19.1. The number of anilines is 1. The standard InChI is InChI=1S/C15H13FN4/c1-17-15-13(10-6-8-18-9-7-10)14(19-20-15)11-2-4-12(16)5-3-11/h2-9H,1H3,(H2,17,19,20). The minimum Gasteiger partial charge on any atom is -0.371 e. The summed E-state index contributed by atoms with van der Waals surface area (Å²) in [6.07, 6.45) is 3.46. The number of aromatic amines is 1. The molecule has 1 aromatic carbocycles. The van der Waals surface area contributed by atoms with Crippen LogP contribution >= 0.6 is 0 Å². The van der Waals surface area contributed by atoms with Gasteiger partial charge in [-0.25, -0.2) is 4.39 Å². The van der Waals surface area contributed by atoms with Gasteiger partial charge in [-0.1, -0.05) is 0 Å². The van der Waals surface area contributed by atoms with Gasteiger partial charge in [0.25, 0.3) is 0 Å². The minimum absolute atomic E-state index is 0.257. The number of benzene rings is 1. The van der Waals surface area contributed by atoms with Gasteiger partial charge in [0.1, 0.15) is 5.82 Å². The van der Waals surface area contributed by atoms with E-state index in [-0.39, 0.29) is 5.82 Å². The van der Waals surface area contributed by atoms with E-state index < -0.39 is 0 Å². The SMILES string of the molecule is CNc1n[nH]c(-c2ccc(F)cc2)c1-c1ccncc1. The molecule has 100 valence electrons. The van der Waals surface area contributed by atoms with Gasteiger partial charge in [-0.05, 0) is 42.0 Å². The number of rotatable bonds is 3. The van der Waals surface area contributed by atoms with Crippen molar-refractivity contribution in [3.63, 3.8) is 0 Å². The summed E-state index contributed by atoms with van der Waals surface area (Å²) in [6.45, 7) is 0. The fourth-order valence-corrected chi connectivity index (χ4v) is 2.15. The van der Waals surface area contributed by atoms with Gasteiger partial charge in [0.05, 0.1) is 11.3 Å². The van der Waals surface area contributed by atoms with Crippen molar-refractivity contribution in [2.45, 2.75) is 0 Å². The fourth-order valence-electron chi connectivity index (χ4n) is 2.15. The number of hydrogen-bond acceptors (Lipinski definition) is 3. The Morgan fingerprint density at radius 1 is 1.00 bits per heavy atom. The molecule has 0 aliphatic heterocycles. The molecular weight excluding hydrogens is 255 g/mol. The van der Waals surface area contributed by atoms with Gasteiger partial charge in [0.2, 0.25) is 0 Å². The first kappa shape index (κ1) is 12.3. The predicted octanol–water partition coefficient (Wildman–Crippen LogP) is 3.32. The molecule has 3 aromatic rings. The Bertz CT molecular complexity index is 704. The van der Waals surface area contributed by atoms with Gasteiger partial charge >= 0.3 is 0 Å². The van der Waals surface area contributed by atoms with Crippen LogP contribution in [0, 0.1) is 5.82 Å². The van der Waals surface area contributed by atoms with Crippen molar-refractivity contribution < 1.29 is 4.39 Å². The van der Waals surface area contributed by atoms with E-state index >= 15 is 0 Å². The van der Waals surface area contributed by atoms with Crippen molar-refractivity contribution >= 4 is 5.82 Å². The van der Waals surface area contributed by atoms with Crippen LogP contribution in [0.5, 0.6) is 0 Å². The summed E-state index contributed by atoms with van der Waals surface area (Å²) in [4.78, 5) is 4.02. The van der Waals surface area contributed by atoms with Crippen molar-refractivity contribution in [3.8, 4) is 22.4 Å². The Morgan fingerprint density at radius 2 is 1.70 bits per heavy atom. The van der Waals surface area contributed by atoms with Crippen LogP contribution in [-0.2, 0) is 0 Å². The molecule has 0 saturated carbocycles. The van der Waals surface area contributed by atoms with E-state index in [4.69, 9.17) is 0 Å². The van der Waals surface area contributed by atoms with Crippen LogP contribution in [0.25, 0.3) is 22.4 Å². The zero-order valence-electron chi connectivity index (χ0n) is 10.9. The van der Waals surface area contributed by atoms with Gasteiger partial charge < -0.3 is 5.32 Å². The average molecular weight is 268 g/mol. The summed E-state index contributed by atoms with van der Waals surface area (Å²) in [5, 5.41) is 10.3. The lowest BCUT2D eigenvalue weighted by Gasteiger charge is -2.06. The first-order chi connectivity index (χ1) is 9.79. The Kier molecular flexibility index (Phi) is 3.16. The quantitative estimate of drug-likeness (QED) is 0.766. The fraction of sp³-hybridized carbons (Fsp3) is 0.0667. The zero-order valence-corrected chi connectivity index (χ0v) is 10.9. The average Bonchev–Trinajstić information content (AvgIpc) is 2.93. The molecule has 0 amide bonds. The van der Waals surface area contributed by atoms with Gasteiger partial charge in [0.15, 0.2) is 5.82 Å². The topological polar surface area (TPSA) is 53.6 Å². The first-order valence-electron chi connectivity index (χ1n) is 6.22. The summed E-state index contributed by atoms with van der Waals surface area (Å²) >= 11 is 0. The molecule has 3 rings (SSSR count). The van der Waals surface area contributed by atoms with Crippen molar-refractivity contribution in [2.24, 2.45) is 0 Å². The lowest BCUT2D eigenvalue weighted by molar-refractivity contribution is 0.628. The molecule has 0 radical (unpaired) electrons. The van der Waals surface area contributed by atoms with Crippen LogP contribution in [-0.4, -0.2) is 22.2 Å². The van der Waals surface area contributed by atoms with Crippen molar-refractivity contribution in [1.82, 2.24) is 15.2 Å². The molecule has 20 heavy (non-hydrogen) atoms. The highest BCUT2D eigenvalue weighted by Gasteiger charge is 2.15. The van der Waals surface area contributed by atoms with E-state index in [0.717, 1.165) is 28.2 Å². The number of pyridine rings is 1. The van der Waals surface area contributed by atoms with E-state index in [0.29, 0.717) is 0 Å². The Labute approximate surface area is 115 Å². The number of aromatic nitrogens is 3. The second-order valence-electron chi connectivity index (χ2n) is 4.31. The molecule has 5 heteroatoms. The molecule has 2 aromatic heterocycles. The van der Waals surface area contributed by atoms with E-state index in [1.165, 1.54) is 12.1 Å². The third kappa shape index (κ3) is 2.14. The van der Waals surface area contributed by atoms with Crippen LogP contribution in [0.2, 0.25) is 0 Å². The highest BCUT2D eigenvalue weighted by molar-refractivity contribution is 5.88. The molecule has 0 aliphatic carbocycles. The first-order valence-corrected chi connectivity index (χ1v) is 6.22. The summed E-state index contributed by atoms with van der Waals surface area (Å²) < 4.78 is 13.1. The van der Waals surface area contributed by atoms with Crippen molar-refractivity contribution in [2.75, 3.05) is 12.4 Å². The van der Waals surface area contributed by atoms with Crippen molar-refractivity contribution in [1.29, 1.82) is 0 Å². The molecule has 0 bridgehead atoms. The number of H-pyrrole nitrogens is 1. The lowest BCUT2D eigenvalue weighted by Crippen LogP contribution is -1.91. The van der Waals surface area contributed by atoms with E-state index in [1.54, 1.807) is 24.5 Å². The largest absolute Gasteiger partial charge is 0.371 e. The minimum atomic E-state index is -0.257. The lowest BCUT2D eigenvalue weighted by atomic mass is 10.0. The molecule has 4 nitrogen and oxygen atoms in total. The van der Waals surface area contributed by atoms with E-state index in [1.807, 2.05) is 19.2 Å². The number of hydrogen-bond donors (Lipinski definition) is 2. The Morgan fingerprint density at radius 3 is 2.35 bits per heavy atom. The van der Waals surface area contributed by atoms with E-state index in [9.17, 15) is 4.39 Å². The zero-order chi connectivity index (χ0) is 13.9. The molecule has 0 aliphatic rings. The molecule has 0 fully saturated rings. The number of nitrogens with one attached hydrogen (secondary N) is 2. The molecule has 0 atom stereocenters. The third-order valence-electron chi connectivity index (χ3n) is 3.11. The second-order valence-corrected chi connectivity index (χ2v) is 4.31. The van der Waals surface area contributed by atoms with Crippen LogP contribution in [0.1, 0.15) is 0 Å². The number of halogens is 1. The van der Waals surface area contributed by atoms with Crippen LogP contribution in [0.15, 0.2) is 48.8 Å². The van der Waals surface area contributed by atoms with Gasteiger partial charge in [0, 0.05) is 25.0 Å². The second kappa shape index (κ2) is 5.13. The van der Waals surface area contributed by atoms with Gasteiger partial charge in [-0.3, -0.25) is 10.1 Å². The van der Waals surface area contributed by atoms with Crippen LogP contribution < -0.4 is 5.32 Å². The smallest absolute Gasteiger partial charge is 0.156 e. The summed E-state index contributed by atoms with van der Waals surface area (Å²) in [6, 6.07) is 10.2. The van der Waals surface area contributed by atoms with Crippen LogP contribution in [0.3, 0.4) is 0 Å². The summed E-state index contributed by atoms with van der Waals surface area (Å²) in [5.74, 6) is 0.489. The molecular formula is C15H13FN4. The molecule has 0 spiro atoms.